The maximum Gasteiger partial charge on any atom is 0.357 e. The molecule has 0 amide bonds. The zero-order valence-corrected chi connectivity index (χ0v) is 9.94. The van der Waals surface area contributed by atoms with Crippen LogP contribution in [0.4, 0.5) is 5.69 Å². The molecule has 6 nitrogen and oxygen atoms in total. The number of anilines is 1. The molecule has 0 aliphatic carbocycles. The molecule has 0 saturated carbocycles. The highest BCUT2D eigenvalue weighted by atomic mass is 16.6. The van der Waals surface area contributed by atoms with Gasteiger partial charge < -0.3 is 15.5 Å². The molecule has 0 saturated heterocycles. The highest BCUT2D eigenvalue weighted by molar-refractivity contribution is 6.02. The summed E-state index contributed by atoms with van der Waals surface area (Å²) in [5.74, 6) is -0.505. The Kier molecular flexibility index (Phi) is 2.49. The van der Waals surface area contributed by atoms with Crippen molar-refractivity contribution in [2.75, 3.05) is 5.73 Å². The van der Waals surface area contributed by atoms with Gasteiger partial charge in [-0.2, -0.15) is 0 Å². The van der Waals surface area contributed by atoms with Crippen LogP contribution in [0.25, 0.3) is 11.2 Å². The van der Waals surface area contributed by atoms with Gasteiger partial charge in [-0.15, -0.1) is 0 Å². The van der Waals surface area contributed by atoms with Gasteiger partial charge in [0.15, 0.2) is 11.3 Å². The average Bonchev–Trinajstić information content (AvgIpc) is 2.55. The summed E-state index contributed by atoms with van der Waals surface area (Å²) in [6.07, 6.45) is 3.04. The predicted molar refractivity (Wildman–Crippen MR) is 63.5 cm³/mol. The Bertz CT molecular complexity index is 568. The first-order valence-corrected chi connectivity index (χ1v) is 5.20. The Hall–Kier alpha value is -2.11. The van der Waals surface area contributed by atoms with Gasteiger partial charge in [0.25, 0.3) is 0 Å². The monoisotopic (exact) mass is 234 g/mol. The van der Waals surface area contributed by atoms with Crippen molar-refractivity contribution < 1.29 is 9.53 Å². The topological polar surface area (TPSA) is 93.9 Å². The van der Waals surface area contributed by atoms with E-state index < -0.39 is 11.6 Å². The molecular weight excluding hydrogens is 220 g/mol. The second-order valence-corrected chi connectivity index (χ2v) is 4.67. The van der Waals surface area contributed by atoms with Crippen LogP contribution in [0.3, 0.4) is 0 Å². The molecular formula is C11H14N4O2. The van der Waals surface area contributed by atoms with Gasteiger partial charge in [0.1, 0.15) is 11.1 Å². The van der Waals surface area contributed by atoms with Gasteiger partial charge in [0, 0.05) is 12.4 Å². The summed E-state index contributed by atoms with van der Waals surface area (Å²) in [5.41, 5.74) is 6.68. The number of aromatic amines is 1. The summed E-state index contributed by atoms with van der Waals surface area (Å²) < 4.78 is 5.23. The summed E-state index contributed by atoms with van der Waals surface area (Å²) in [4.78, 5) is 22.8. The van der Waals surface area contributed by atoms with Crippen LogP contribution in [0.15, 0.2) is 12.4 Å². The van der Waals surface area contributed by atoms with Crippen LogP contribution in [0.2, 0.25) is 0 Å². The quantitative estimate of drug-likeness (QED) is 0.729. The third-order valence-corrected chi connectivity index (χ3v) is 2.07. The molecule has 0 fully saturated rings. The Morgan fingerprint density at radius 3 is 2.59 bits per heavy atom. The number of nitrogen functional groups attached to an aromatic ring is 1. The molecule has 2 aromatic heterocycles. The molecule has 0 radical (unpaired) electrons. The Labute approximate surface area is 98.2 Å². The van der Waals surface area contributed by atoms with Crippen molar-refractivity contribution in [3.05, 3.63) is 18.1 Å². The van der Waals surface area contributed by atoms with E-state index in [-0.39, 0.29) is 11.4 Å². The molecule has 17 heavy (non-hydrogen) atoms. The molecule has 2 rings (SSSR count). The smallest absolute Gasteiger partial charge is 0.357 e. The fourth-order valence-electron chi connectivity index (χ4n) is 1.42. The second-order valence-electron chi connectivity index (χ2n) is 4.67. The van der Waals surface area contributed by atoms with Crippen LogP contribution in [0, 0.1) is 0 Å². The fraction of sp³-hybridized carbons (Fsp3) is 0.364. The lowest BCUT2D eigenvalue weighted by Gasteiger charge is -2.18. The minimum absolute atomic E-state index is 0.195. The van der Waals surface area contributed by atoms with E-state index in [0.717, 1.165) is 0 Å². The lowest BCUT2D eigenvalue weighted by atomic mass is 10.2. The minimum Gasteiger partial charge on any atom is -0.455 e. The summed E-state index contributed by atoms with van der Waals surface area (Å²) >= 11 is 0. The van der Waals surface area contributed by atoms with Crippen LogP contribution >= 0.6 is 0 Å². The number of hydrogen-bond acceptors (Lipinski definition) is 5. The largest absolute Gasteiger partial charge is 0.455 e. The van der Waals surface area contributed by atoms with Crippen LogP contribution < -0.4 is 5.73 Å². The molecule has 6 heteroatoms. The maximum absolute atomic E-state index is 11.9. The normalized spacial score (nSPS) is 11.7. The molecule has 0 aliphatic rings. The number of carbonyl (C=O) groups is 1. The van der Waals surface area contributed by atoms with Crippen molar-refractivity contribution in [1.82, 2.24) is 15.0 Å². The van der Waals surface area contributed by atoms with Crippen molar-refractivity contribution in [1.29, 1.82) is 0 Å². The molecule has 2 aromatic rings. The Morgan fingerprint density at radius 2 is 2.00 bits per heavy atom. The van der Waals surface area contributed by atoms with Gasteiger partial charge >= 0.3 is 5.97 Å². The molecule has 0 unspecified atom stereocenters. The van der Waals surface area contributed by atoms with Gasteiger partial charge in [0.05, 0.1) is 5.69 Å². The third-order valence-electron chi connectivity index (χ3n) is 2.07. The van der Waals surface area contributed by atoms with E-state index in [2.05, 4.69) is 15.0 Å². The fourth-order valence-corrected chi connectivity index (χ4v) is 1.42. The van der Waals surface area contributed by atoms with E-state index in [1.165, 1.54) is 12.4 Å². The van der Waals surface area contributed by atoms with Crippen molar-refractivity contribution in [2.24, 2.45) is 0 Å². The molecule has 90 valence electrons. The molecule has 3 N–H and O–H groups in total. The lowest BCUT2D eigenvalue weighted by molar-refractivity contribution is 0.00651. The molecule has 0 aliphatic heterocycles. The number of ether oxygens (including phenoxy) is 1. The number of nitrogens with one attached hydrogen (secondary N) is 1. The highest BCUT2D eigenvalue weighted by Gasteiger charge is 2.23. The first-order chi connectivity index (χ1) is 7.88. The third kappa shape index (κ3) is 2.20. The molecule has 0 aromatic carbocycles. The zero-order chi connectivity index (χ0) is 12.6. The standard InChI is InChI=1S/C11H14N4O2/c1-11(2,3)17-10(16)8-6(12)7-9(15-8)14-5-4-13-7/h4-5H,12H2,1-3H3,(H,14,15). The van der Waals surface area contributed by atoms with E-state index >= 15 is 0 Å². The van der Waals surface area contributed by atoms with Gasteiger partial charge in [-0.25, -0.2) is 14.8 Å². The summed E-state index contributed by atoms with van der Waals surface area (Å²) in [5, 5.41) is 0. The summed E-state index contributed by atoms with van der Waals surface area (Å²) in [6.45, 7) is 5.38. The van der Waals surface area contributed by atoms with E-state index in [4.69, 9.17) is 10.5 Å². The van der Waals surface area contributed by atoms with Crippen LogP contribution in [0.1, 0.15) is 31.3 Å². The van der Waals surface area contributed by atoms with Crippen molar-refractivity contribution in [3.8, 4) is 0 Å². The molecule has 0 spiro atoms. The first-order valence-electron chi connectivity index (χ1n) is 5.20. The number of fused-ring (bicyclic) bond motifs is 1. The molecule has 2 heterocycles. The number of nitrogens with two attached hydrogens (primary N) is 1. The van der Waals surface area contributed by atoms with Crippen molar-refractivity contribution >= 4 is 22.8 Å². The summed E-state index contributed by atoms with van der Waals surface area (Å²) in [7, 11) is 0. The van der Waals surface area contributed by atoms with E-state index in [0.29, 0.717) is 11.2 Å². The maximum atomic E-state index is 11.9. The number of aromatic nitrogens is 3. The highest BCUT2D eigenvalue weighted by Crippen LogP contribution is 2.23. The first kappa shape index (κ1) is 11.4. The van der Waals surface area contributed by atoms with Gasteiger partial charge in [0.2, 0.25) is 0 Å². The van der Waals surface area contributed by atoms with Gasteiger partial charge in [-0.3, -0.25) is 0 Å². The van der Waals surface area contributed by atoms with Gasteiger partial charge in [-0.05, 0) is 20.8 Å². The number of rotatable bonds is 1. The minimum atomic E-state index is -0.568. The van der Waals surface area contributed by atoms with Crippen LogP contribution in [0.5, 0.6) is 0 Å². The number of hydrogen-bond donors (Lipinski definition) is 2. The van der Waals surface area contributed by atoms with Crippen molar-refractivity contribution in [2.45, 2.75) is 26.4 Å². The number of nitrogens with zero attached hydrogens (tertiary/aromatic N) is 2. The van der Waals surface area contributed by atoms with E-state index in [1.807, 2.05) is 0 Å². The second kappa shape index (κ2) is 3.73. The molecule has 0 atom stereocenters. The van der Waals surface area contributed by atoms with Crippen LogP contribution in [-0.2, 0) is 4.74 Å². The number of esters is 1. The van der Waals surface area contributed by atoms with Crippen LogP contribution in [-0.4, -0.2) is 26.5 Å². The number of H-pyrrole nitrogens is 1. The molecule has 0 bridgehead atoms. The zero-order valence-electron chi connectivity index (χ0n) is 9.94. The predicted octanol–water partition coefficient (Wildman–Crippen LogP) is 1.50. The van der Waals surface area contributed by atoms with Crippen molar-refractivity contribution in [3.63, 3.8) is 0 Å². The number of carbonyl (C=O) groups excluding carboxylic acids is 1. The Morgan fingerprint density at radius 1 is 1.35 bits per heavy atom. The van der Waals surface area contributed by atoms with E-state index in [1.54, 1.807) is 20.8 Å². The SMILES string of the molecule is CC(C)(C)OC(=O)c1[nH]c2nccnc2c1N. The van der Waals surface area contributed by atoms with E-state index in [9.17, 15) is 4.79 Å². The van der Waals surface area contributed by atoms with Gasteiger partial charge in [-0.1, -0.05) is 0 Å². The Balaban J connectivity index is 2.43. The summed E-state index contributed by atoms with van der Waals surface area (Å²) in [6, 6.07) is 0. The average molecular weight is 234 g/mol. The lowest BCUT2D eigenvalue weighted by Crippen LogP contribution is -2.24.